The Morgan fingerprint density at radius 1 is 1.37 bits per heavy atom. The van der Waals surface area contributed by atoms with E-state index in [4.69, 9.17) is 5.11 Å². The lowest BCUT2D eigenvalue weighted by molar-refractivity contribution is -0.119. The van der Waals surface area contributed by atoms with Crippen molar-refractivity contribution < 1.29 is 14.7 Å². The van der Waals surface area contributed by atoms with Crippen LogP contribution in [0.4, 0.5) is 5.69 Å². The Kier molecular flexibility index (Phi) is 5.55. The average Bonchev–Trinajstić information content (AvgIpc) is 2.35. The molecule has 0 aromatic heterocycles. The summed E-state index contributed by atoms with van der Waals surface area (Å²) in [6.45, 7) is 5.72. The van der Waals surface area contributed by atoms with Gasteiger partial charge in [-0.15, -0.1) is 0 Å². The molecule has 1 rings (SSSR count). The molecular weight excluding hydrogens is 242 g/mol. The summed E-state index contributed by atoms with van der Waals surface area (Å²) in [5.41, 5.74) is 1.55. The molecule has 0 bridgehead atoms. The van der Waals surface area contributed by atoms with Crippen molar-refractivity contribution in [2.45, 2.75) is 40.0 Å². The Bertz CT molecular complexity index is 468. The first-order valence-corrected chi connectivity index (χ1v) is 6.60. The quantitative estimate of drug-likeness (QED) is 0.826. The number of carboxylic acid groups (broad SMARTS) is 1. The van der Waals surface area contributed by atoms with Gasteiger partial charge in [0, 0.05) is 11.6 Å². The number of hydrogen-bond donors (Lipinski definition) is 2. The number of aryl methyl sites for hydroxylation is 1. The van der Waals surface area contributed by atoms with Crippen LogP contribution >= 0.6 is 0 Å². The van der Waals surface area contributed by atoms with Crippen LogP contribution in [-0.2, 0) is 4.79 Å². The minimum Gasteiger partial charge on any atom is -0.478 e. The maximum Gasteiger partial charge on any atom is 0.335 e. The lowest BCUT2D eigenvalue weighted by Gasteiger charge is -2.12. The highest BCUT2D eigenvalue weighted by Crippen LogP contribution is 2.17. The Morgan fingerprint density at radius 2 is 2.05 bits per heavy atom. The van der Waals surface area contributed by atoms with Crippen LogP contribution in [0.1, 0.15) is 49.0 Å². The molecule has 0 aliphatic heterocycles. The van der Waals surface area contributed by atoms with E-state index in [9.17, 15) is 9.59 Å². The third-order valence-electron chi connectivity index (χ3n) is 3.16. The van der Waals surface area contributed by atoms with Crippen LogP contribution in [0.3, 0.4) is 0 Å². The van der Waals surface area contributed by atoms with E-state index >= 15 is 0 Å². The highest BCUT2D eigenvalue weighted by molar-refractivity contribution is 5.94. The molecule has 4 heteroatoms. The van der Waals surface area contributed by atoms with Crippen LogP contribution in [0.2, 0.25) is 0 Å². The fourth-order valence-electron chi connectivity index (χ4n) is 1.89. The number of amides is 1. The molecule has 1 atom stereocenters. The molecule has 0 aliphatic carbocycles. The Balaban J connectivity index is 2.70. The molecule has 1 amide bonds. The zero-order valence-corrected chi connectivity index (χ0v) is 11.7. The molecule has 0 spiro atoms. The maximum atomic E-state index is 11.9. The third kappa shape index (κ3) is 4.39. The van der Waals surface area contributed by atoms with E-state index in [1.807, 2.05) is 6.92 Å². The van der Waals surface area contributed by atoms with Gasteiger partial charge in [0.2, 0.25) is 5.91 Å². The van der Waals surface area contributed by atoms with E-state index in [2.05, 4.69) is 12.2 Å². The van der Waals surface area contributed by atoms with Crippen LogP contribution in [0.25, 0.3) is 0 Å². The number of carbonyl (C=O) groups excluding carboxylic acids is 1. The Labute approximate surface area is 113 Å². The number of benzene rings is 1. The van der Waals surface area contributed by atoms with Gasteiger partial charge < -0.3 is 10.4 Å². The van der Waals surface area contributed by atoms with Gasteiger partial charge in [-0.05, 0) is 37.1 Å². The molecule has 1 aromatic carbocycles. The largest absolute Gasteiger partial charge is 0.478 e. The van der Waals surface area contributed by atoms with E-state index in [1.165, 1.54) is 6.07 Å². The van der Waals surface area contributed by atoms with E-state index in [1.54, 1.807) is 19.1 Å². The monoisotopic (exact) mass is 263 g/mol. The van der Waals surface area contributed by atoms with Crippen molar-refractivity contribution in [2.75, 3.05) is 5.32 Å². The van der Waals surface area contributed by atoms with Crippen LogP contribution in [0.5, 0.6) is 0 Å². The number of aromatic carboxylic acids is 1. The number of carbonyl (C=O) groups is 2. The van der Waals surface area contributed by atoms with Gasteiger partial charge in [0.1, 0.15) is 0 Å². The molecule has 19 heavy (non-hydrogen) atoms. The van der Waals surface area contributed by atoms with Crippen molar-refractivity contribution in [3.63, 3.8) is 0 Å². The SMILES string of the molecule is CCCCC(C)C(=O)Nc1ccc(C(=O)O)c(C)c1. The van der Waals surface area contributed by atoms with Crippen molar-refractivity contribution in [1.29, 1.82) is 0 Å². The third-order valence-corrected chi connectivity index (χ3v) is 3.16. The van der Waals surface area contributed by atoms with Gasteiger partial charge >= 0.3 is 5.97 Å². The number of hydrogen-bond acceptors (Lipinski definition) is 2. The number of unbranched alkanes of at least 4 members (excludes halogenated alkanes) is 1. The summed E-state index contributed by atoms with van der Waals surface area (Å²) in [5, 5.41) is 11.8. The van der Waals surface area contributed by atoms with E-state index in [0.29, 0.717) is 11.3 Å². The molecule has 1 aromatic rings. The van der Waals surface area contributed by atoms with Crippen LogP contribution < -0.4 is 5.32 Å². The standard InChI is InChI=1S/C15H21NO3/c1-4-5-6-10(2)14(17)16-12-7-8-13(15(18)19)11(3)9-12/h7-10H,4-6H2,1-3H3,(H,16,17)(H,18,19). The molecule has 2 N–H and O–H groups in total. The summed E-state index contributed by atoms with van der Waals surface area (Å²) < 4.78 is 0. The second kappa shape index (κ2) is 6.92. The zero-order valence-electron chi connectivity index (χ0n) is 11.7. The number of carboxylic acids is 1. The van der Waals surface area contributed by atoms with Gasteiger partial charge in [0.25, 0.3) is 0 Å². The van der Waals surface area contributed by atoms with Crippen LogP contribution in [0, 0.1) is 12.8 Å². The number of nitrogens with one attached hydrogen (secondary N) is 1. The van der Waals surface area contributed by atoms with Crippen LogP contribution in [-0.4, -0.2) is 17.0 Å². The van der Waals surface area contributed by atoms with Gasteiger partial charge in [0.05, 0.1) is 5.56 Å². The summed E-state index contributed by atoms with van der Waals surface area (Å²) in [5.74, 6) is -0.998. The minimum absolute atomic E-state index is 0.0177. The Hall–Kier alpha value is -1.84. The normalized spacial score (nSPS) is 11.9. The van der Waals surface area contributed by atoms with E-state index < -0.39 is 5.97 Å². The lowest BCUT2D eigenvalue weighted by atomic mass is 10.0. The first-order valence-electron chi connectivity index (χ1n) is 6.60. The van der Waals surface area contributed by atoms with Crippen LogP contribution in [0.15, 0.2) is 18.2 Å². The highest BCUT2D eigenvalue weighted by Gasteiger charge is 2.13. The van der Waals surface area contributed by atoms with Crippen molar-refractivity contribution in [1.82, 2.24) is 0 Å². The molecule has 4 nitrogen and oxygen atoms in total. The lowest BCUT2D eigenvalue weighted by Crippen LogP contribution is -2.20. The van der Waals surface area contributed by atoms with Crippen molar-refractivity contribution in [3.8, 4) is 0 Å². The van der Waals surface area contributed by atoms with Gasteiger partial charge in [0.15, 0.2) is 0 Å². The van der Waals surface area contributed by atoms with Gasteiger partial charge in [-0.2, -0.15) is 0 Å². The summed E-state index contributed by atoms with van der Waals surface area (Å²) in [6.07, 6.45) is 2.98. The predicted octanol–water partition coefficient (Wildman–Crippen LogP) is 3.46. The molecule has 0 saturated carbocycles. The number of rotatable bonds is 6. The second-order valence-corrected chi connectivity index (χ2v) is 4.87. The smallest absolute Gasteiger partial charge is 0.335 e. The molecule has 0 aliphatic rings. The summed E-state index contributed by atoms with van der Waals surface area (Å²) in [6, 6.07) is 4.83. The molecule has 0 saturated heterocycles. The van der Waals surface area contributed by atoms with Gasteiger partial charge in [-0.1, -0.05) is 26.7 Å². The molecule has 0 heterocycles. The number of anilines is 1. The molecule has 0 radical (unpaired) electrons. The predicted molar refractivity (Wildman–Crippen MR) is 75.5 cm³/mol. The maximum absolute atomic E-state index is 11.9. The van der Waals surface area contributed by atoms with Crippen molar-refractivity contribution in [2.24, 2.45) is 5.92 Å². The fraction of sp³-hybridized carbons (Fsp3) is 0.467. The first-order chi connectivity index (χ1) is 8.95. The fourth-order valence-corrected chi connectivity index (χ4v) is 1.89. The van der Waals surface area contributed by atoms with Gasteiger partial charge in [-0.25, -0.2) is 4.79 Å². The second-order valence-electron chi connectivity index (χ2n) is 4.87. The zero-order chi connectivity index (χ0) is 14.4. The average molecular weight is 263 g/mol. The summed E-state index contributed by atoms with van der Waals surface area (Å²) in [7, 11) is 0. The van der Waals surface area contributed by atoms with Gasteiger partial charge in [-0.3, -0.25) is 4.79 Å². The summed E-state index contributed by atoms with van der Waals surface area (Å²) in [4.78, 5) is 22.8. The van der Waals surface area contributed by atoms with Crippen molar-refractivity contribution in [3.05, 3.63) is 29.3 Å². The Morgan fingerprint density at radius 3 is 2.58 bits per heavy atom. The minimum atomic E-state index is -0.952. The van der Waals surface area contributed by atoms with Crippen molar-refractivity contribution >= 4 is 17.6 Å². The topological polar surface area (TPSA) is 66.4 Å². The molecular formula is C15H21NO3. The molecule has 1 unspecified atom stereocenters. The molecule has 0 fully saturated rings. The van der Waals surface area contributed by atoms with E-state index in [-0.39, 0.29) is 17.4 Å². The first kappa shape index (κ1) is 15.2. The highest BCUT2D eigenvalue weighted by atomic mass is 16.4. The van der Waals surface area contributed by atoms with E-state index in [0.717, 1.165) is 19.3 Å². The molecule has 104 valence electrons. The summed E-state index contributed by atoms with van der Waals surface area (Å²) >= 11 is 0.